The summed E-state index contributed by atoms with van der Waals surface area (Å²) in [5, 5.41) is 20.2. The highest BCUT2D eigenvalue weighted by Gasteiger charge is 2.35. The predicted molar refractivity (Wildman–Crippen MR) is 111 cm³/mol. The van der Waals surface area contributed by atoms with Crippen molar-refractivity contribution in [3.63, 3.8) is 0 Å². The molecule has 1 aliphatic carbocycles. The van der Waals surface area contributed by atoms with Crippen LogP contribution >= 0.6 is 0 Å². The van der Waals surface area contributed by atoms with Crippen molar-refractivity contribution < 1.29 is 10.2 Å². The molecule has 0 aromatic heterocycles. The number of benzene rings is 1. The van der Waals surface area contributed by atoms with Crippen molar-refractivity contribution >= 4 is 0 Å². The molecule has 2 N–H and O–H groups in total. The zero-order chi connectivity index (χ0) is 19.2. The molecular formula is C24H40O2. The van der Waals surface area contributed by atoms with Crippen LogP contribution in [0.4, 0.5) is 0 Å². The van der Waals surface area contributed by atoms with Gasteiger partial charge in [0, 0.05) is 6.07 Å². The van der Waals surface area contributed by atoms with Crippen molar-refractivity contribution in [2.45, 2.75) is 105 Å². The molecule has 0 spiro atoms. The first-order chi connectivity index (χ1) is 12.2. The number of aromatic hydroxyl groups is 2. The van der Waals surface area contributed by atoms with Gasteiger partial charge in [-0.1, -0.05) is 53.4 Å². The molecule has 0 heterocycles. The summed E-state index contributed by atoms with van der Waals surface area (Å²) in [7, 11) is 0. The quantitative estimate of drug-likeness (QED) is 0.388. The standard InChI is InChI=1S/C24H40O2/c1-5-23(2,3)13-10-8-12-21-19(17-20(25)18-22(21)26)11-7-6-9-14-24(4)15-16-24/h17-18,25-26H,5-16H2,1-4H3. The van der Waals surface area contributed by atoms with Gasteiger partial charge in [0.15, 0.2) is 0 Å². The second-order valence-electron chi connectivity index (χ2n) is 9.70. The fourth-order valence-corrected chi connectivity index (χ4v) is 3.80. The Kier molecular flexibility index (Phi) is 7.43. The van der Waals surface area contributed by atoms with E-state index in [1.165, 1.54) is 57.4 Å². The second kappa shape index (κ2) is 9.15. The van der Waals surface area contributed by atoms with E-state index in [9.17, 15) is 10.2 Å². The highest BCUT2D eigenvalue weighted by molar-refractivity contribution is 5.45. The second-order valence-corrected chi connectivity index (χ2v) is 9.70. The van der Waals surface area contributed by atoms with Gasteiger partial charge in [0.1, 0.15) is 11.5 Å². The van der Waals surface area contributed by atoms with Gasteiger partial charge in [0.05, 0.1) is 0 Å². The molecule has 0 atom stereocenters. The molecule has 2 heteroatoms. The molecule has 2 rings (SSSR count). The summed E-state index contributed by atoms with van der Waals surface area (Å²) in [6, 6.07) is 3.37. The topological polar surface area (TPSA) is 40.5 Å². The van der Waals surface area contributed by atoms with E-state index in [1.54, 1.807) is 0 Å². The van der Waals surface area contributed by atoms with Gasteiger partial charge in [0.2, 0.25) is 0 Å². The number of phenolic OH excluding ortho intramolecular Hbond substituents is 2. The molecule has 0 unspecified atom stereocenters. The van der Waals surface area contributed by atoms with Crippen LogP contribution in [0.1, 0.15) is 103 Å². The van der Waals surface area contributed by atoms with Gasteiger partial charge in [0.25, 0.3) is 0 Å². The Hall–Kier alpha value is -1.18. The fourth-order valence-electron chi connectivity index (χ4n) is 3.80. The lowest BCUT2D eigenvalue weighted by Gasteiger charge is -2.22. The highest BCUT2D eigenvalue weighted by Crippen LogP contribution is 2.49. The Balaban J connectivity index is 1.82. The summed E-state index contributed by atoms with van der Waals surface area (Å²) in [4.78, 5) is 0. The Labute approximate surface area is 161 Å². The molecule has 0 aliphatic heterocycles. The van der Waals surface area contributed by atoms with E-state index >= 15 is 0 Å². The van der Waals surface area contributed by atoms with E-state index in [-0.39, 0.29) is 11.5 Å². The van der Waals surface area contributed by atoms with Gasteiger partial charge in [-0.05, 0) is 79.4 Å². The van der Waals surface area contributed by atoms with Crippen LogP contribution in [0.5, 0.6) is 11.5 Å². The Morgan fingerprint density at radius 2 is 1.65 bits per heavy atom. The molecule has 1 saturated carbocycles. The third kappa shape index (κ3) is 6.85. The molecule has 26 heavy (non-hydrogen) atoms. The van der Waals surface area contributed by atoms with E-state index < -0.39 is 0 Å². The van der Waals surface area contributed by atoms with E-state index in [0.29, 0.717) is 10.8 Å². The Morgan fingerprint density at radius 3 is 2.31 bits per heavy atom. The van der Waals surface area contributed by atoms with Crippen molar-refractivity contribution in [1.82, 2.24) is 0 Å². The molecule has 2 nitrogen and oxygen atoms in total. The van der Waals surface area contributed by atoms with Crippen LogP contribution in [0, 0.1) is 10.8 Å². The molecule has 148 valence electrons. The number of hydrogen-bond donors (Lipinski definition) is 2. The first-order valence-corrected chi connectivity index (χ1v) is 10.8. The minimum Gasteiger partial charge on any atom is -0.508 e. The molecule has 1 aromatic carbocycles. The van der Waals surface area contributed by atoms with E-state index in [0.717, 1.165) is 36.8 Å². The van der Waals surface area contributed by atoms with Gasteiger partial charge < -0.3 is 10.2 Å². The third-order valence-electron chi connectivity index (χ3n) is 6.62. The summed E-state index contributed by atoms with van der Waals surface area (Å²) < 4.78 is 0. The molecule has 0 amide bonds. The number of phenols is 2. The predicted octanol–water partition coefficient (Wildman–Crippen LogP) is 7.15. The van der Waals surface area contributed by atoms with Crippen molar-refractivity contribution in [1.29, 1.82) is 0 Å². The maximum absolute atomic E-state index is 10.3. The van der Waals surface area contributed by atoms with Crippen molar-refractivity contribution in [3.05, 3.63) is 23.3 Å². The molecule has 1 aliphatic rings. The van der Waals surface area contributed by atoms with E-state index in [1.807, 2.05) is 6.07 Å². The van der Waals surface area contributed by atoms with Crippen LogP contribution in [-0.2, 0) is 12.8 Å². The first kappa shape index (κ1) is 21.1. The first-order valence-electron chi connectivity index (χ1n) is 10.8. The van der Waals surface area contributed by atoms with Gasteiger partial charge in [-0.3, -0.25) is 0 Å². The summed E-state index contributed by atoms with van der Waals surface area (Å²) >= 11 is 0. The summed E-state index contributed by atoms with van der Waals surface area (Å²) in [5.74, 6) is 0.471. The van der Waals surface area contributed by atoms with Crippen LogP contribution in [0.2, 0.25) is 0 Å². The molecule has 1 aromatic rings. The average molecular weight is 361 g/mol. The van der Waals surface area contributed by atoms with Crippen LogP contribution in [0.15, 0.2) is 12.1 Å². The lowest BCUT2D eigenvalue weighted by molar-refractivity contribution is 0.309. The van der Waals surface area contributed by atoms with Crippen LogP contribution in [0.3, 0.4) is 0 Å². The maximum atomic E-state index is 10.3. The van der Waals surface area contributed by atoms with Gasteiger partial charge in [-0.2, -0.15) is 0 Å². The lowest BCUT2D eigenvalue weighted by atomic mass is 9.84. The smallest absolute Gasteiger partial charge is 0.122 e. The van der Waals surface area contributed by atoms with Gasteiger partial charge >= 0.3 is 0 Å². The lowest BCUT2D eigenvalue weighted by Crippen LogP contribution is -2.09. The molecule has 0 saturated heterocycles. The monoisotopic (exact) mass is 360 g/mol. The number of hydrogen-bond acceptors (Lipinski definition) is 2. The van der Waals surface area contributed by atoms with Crippen LogP contribution in [0.25, 0.3) is 0 Å². The maximum Gasteiger partial charge on any atom is 0.122 e. The van der Waals surface area contributed by atoms with Gasteiger partial charge in [-0.25, -0.2) is 0 Å². The summed E-state index contributed by atoms with van der Waals surface area (Å²) in [6.45, 7) is 9.32. The SMILES string of the molecule is CCC(C)(C)CCCCc1c(O)cc(O)cc1CCCCCC1(C)CC1. The third-order valence-corrected chi connectivity index (χ3v) is 6.62. The molecule has 1 fully saturated rings. The van der Waals surface area contributed by atoms with Crippen molar-refractivity contribution in [2.24, 2.45) is 10.8 Å². The van der Waals surface area contributed by atoms with Crippen LogP contribution in [-0.4, -0.2) is 10.2 Å². The normalized spacial score (nSPS) is 16.0. The Bertz CT molecular complexity index is 570. The highest BCUT2D eigenvalue weighted by atomic mass is 16.3. The van der Waals surface area contributed by atoms with E-state index in [2.05, 4.69) is 27.7 Å². The largest absolute Gasteiger partial charge is 0.508 e. The molecular weight excluding hydrogens is 320 g/mol. The Morgan fingerprint density at radius 1 is 0.962 bits per heavy atom. The van der Waals surface area contributed by atoms with Crippen molar-refractivity contribution in [3.8, 4) is 11.5 Å². The van der Waals surface area contributed by atoms with Crippen LogP contribution < -0.4 is 0 Å². The van der Waals surface area contributed by atoms with E-state index in [4.69, 9.17) is 0 Å². The average Bonchev–Trinajstić information content (AvgIpc) is 3.30. The molecule has 0 bridgehead atoms. The van der Waals surface area contributed by atoms with Gasteiger partial charge in [-0.15, -0.1) is 0 Å². The fraction of sp³-hybridized carbons (Fsp3) is 0.750. The summed E-state index contributed by atoms with van der Waals surface area (Å²) in [6.07, 6.45) is 14.5. The number of unbranched alkanes of at least 4 members (excludes halogenated alkanes) is 3. The van der Waals surface area contributed by atoms with Crippen molar-refractivity contribution in [2.75, 3.05) is 0 Å². The minimum atomic E-state index is 0.193. The zero-order valence-electron chi connectivity index (χ0n) is 17.5. The summed E-state index contributed by atoms with van der Waals surface area (Å²) in [5.41, 5.74) is 3.28. The number of rotatable bonds is 12. The number of aryl methyl sites for hydroxylation is 1. The minimum absolute atomic E-state index is 0.193. The molecule has 0 radical (unpaired) electrons. The zero-order valence-corrected chi connectivity index (χ0v) is 17.5.